The highest BCUT2D eigenvalue weighted by Gasteiger charge is 2.01. The smallest absolute Gasteiger partial charge is 0.191 e. The van der Waals surface area contributed by atoms with E-state index in [9.17, 15) is 0 Å². The minimum absolute atomic E-state index is 0.620. The highest BCUT2D eigenvalue weighted by molar-refractivity contribution is 7.09. The first-order valence-electron chi connectivity index (χ1n) is 7.38. The van der Waals surface area contributed by atoms with E-state index in [2.05, 4.69) is 56.8 Å². The van der Waals surface area contributed by atoms with E-state index in [1.165, 1.54) is 5.01 Å². The first-order chi connectivity index (χ1) is 10.3. The molecule has 0 aromatic carbocycles. The van der Waals surface area contributed by atoms with Gasteiger partial charge in [0.05, 0.1) is 17.2 Å². The van der Waals surface area contributed by atoms with E-state index in [0.29, 0.717) is 6.54 Å². The quantitative estimate of drug-likeness (QED) is 0.609. The van der Waals surface area contributed by atoms with Crippen molar-refractivity contribution in [3.63, 3.8) is 0 Å². The van der Waals surface area contributed by atoms with Gasteiger partial charge in [-0.3, -0.25) is 0 Å². The van der Waals surface area contributed by atoms with Crippen molar-refractivity contribution in [3.8, 4) is 0 Å². The summed E-state index contributed by atoms with van der Waals surface area (Å²) >= 11 is 1.71. The maximum absolute atomic E-state index is 4.58. The number of aromatic nitrogens is 2. The fourth-order valence-corrected chi connectivity index (χ4v) is 2.64. The maximum Gasteiger partial charge on any atom is 0.191 e. The molecule has 0 radical (unpaired) electrons. The molecule has 0 aliphatic carbocycles. The van der Waals surface area contributed by atoms with Crippen molar-refractivity contribution in [2.45, 2.75) is 33.4 Å². The lowest BCUT2D eigenvalue weighted by Crippen LogP contribution is -2.38. The van der Waals surface area contributed by atoms with Crippen molar-refractivity contribution in [1.29, 1.82) is 0 Å². The lowest BCUT2D eigenvalue weighted by molar-refractivity contribution is 0.665. The number of aliphatic imine (C=N–C) groups is 1. The normalized spacial score (nSPS) is 11.6. The van der Waals surface area contributed by atoms with Crippen LogP contribution in [0.3, 0.4) is 0 Å². The van der Waals surface area contributed by atoms with Gasteiger partial charge in [0, 0.05) is 37.4 Å². The Labute approximate surface area is 130 Å². The van der Waals surface area contributed by atoms with Gasteiger partial charge in [0.1, 0.15) is 0 Å². The van der Waals surface area contributed by atoms with Crippen LogP contribution in [-0.2, 0) is 19.5 Å². The first-order valence-corrected chi connectivity index (χ1v) is 8.26. The summed E-state index contributed by atoms with van der Waals surface area (Å²) in [7, 11) is 0. The van der Waals surface area contributed by atoms with Gasteiger partial charge in [0.2, 0.25) is 0 Å². The zero-order valence-corrected chi connectivity index (χ0v) is 13.5. The summed E-state index contributed by atoms with van der Waals surface area (Å²) in [6.45, 7) is 7.44. The van der Waals surface area contributed by atoms with Gasteiger partial charge in [0.25, 0.3) is 0 Å². The van der Waals surface area contributed by atoms with Crippen LogP contribution in [0.25, 0.3) is 0 Å². The van der Waals surface area contributed by atoms with Gasteiger partial charge < -0.3 is 15.2 Å². The molecule has 2 rings (SSSR count). The highest BCUT2D eigenvalue weighted by atomic mass is 32.1. The van der Waals surface area contributed by atoms with Crippen LogP contribution in [0.5, 0.6) is 0 Å². The molecule has 21 heavy (non-hydrogen) atoms. The molecule has 0 fully saturated rings. The van der Waals surface area contributed by atoms with Crippen LogP contribution < -0.4 is 10.6 Å². The summed E-state index contributed by atoms with van der Waals surface area (Å²) < 4.78 is 2.14. The van der Waals surface area contributed by atoms with E-state index in [4.69, 9.17) is 0 Å². The predicted molar refractivity (Wildman–Crippen MR) is 88.7 cm³/mol. The highest BCUT2D eigenvalue weighted by Crippen LogP contribution is 2.10. The third-order valence-corrected chi connectivity index (χ3v) is 4.02. The Balaban J connectivity index is 1.83. The number of nitrogens with zero attached hydrogens (tertiary/aromatic N) is 3. The second kappa shape index (κ2) is 8.46. The summed E-state index contributed by atoms with van der Waals surface area (Å²) in [5, 5.41) is 9.86. The molecular formula is C15H23N5S. The Hall–Kier alpha value is -1.82. The van der Waals surface area contributed by atoms with E-state index >= 15 is 0 Å². The average molecular weight is 305 g/mol. The summed E-state index contributed by atoms with van der Waals surface area (Å²) in [6, 6.07) is 4.07. The van der Waals surface area contributed by atoms with Crippen LogP contribution >= 0.6 is 11.3 Å². The van der Waals surface area contributed by atoms with E-state index in [1.807, 2.05) is 12.1 Å². The largest absolute Gasteiger partial charge is 0.357 e. The Bertz CT molecular complexity index is 544. The number of hydrogen-bond donors (Lipinski definition) is 2. The lowest BCUT2D eigenvalue weighted by atomic mass is 10.4. The van der Waals surface area contributed by atoms with Crippen LogP contribution in [-0.4, -0.2) is 28.6 Å². The average Bonchev–Trinajstić information content (AvgIpc) is 3.16. The molecule has 114 valence electrons. The van der Waals surface area contributed by atoms with Crippen molar-refractivity contribution in [3.05, 3.63) is 40.6 Å². The lowest BCUT2D eigenvalue weighted by Gasteiger charge is -2.11. The van der Waals surface area contributed by atoms with Crippen LogP contribution in [0, 0.1) is 0 Å². The van der Waals surface area contributed by atoms with Crippen molar-refractivity contribution in [1.82, 2.24) is 20.2 Å². The number of guanidine groups is 1. The molecule has 0 saturated carbocycles. The Morgan fingerprint density at radius 3 is 2.76 bits per heavy atom. The van der Waals surface area contributed by atoms with E-state index < -0.39 is 0 Å². The molecule has 0 saturated heterocycles. The second-order valence-corrected chi connectivity index (χ2v) is 5.57. The third kappa shape index (κ3) is 5.23. The molecule has 6 heteroatoms. The van der Waals surface area contributed by atoms with Crippen LogP contribution in [0.1, 0.15) is 24.5 Å². The van der Waals surface area contributed by atoms with Gasteiger partial charge in [-0.2, -0.15) is 0 Å². The minimum atomic E-state index is 0.620. The number of rotatable bonds is 7. The van der Waals surface area contributed by atoms with E-state index in [0.717, 1.165) is 37.7 Å². The van der Waals surface area contributed by atoms with Crippen LogP contribution in [0.4, 0.5) is 0 Å². The number of thiazole rings is 1. The van der Waals surface area contributed by atoms with Gasteiger partial charge in [-0.1, -0.05) is 6.92 Å². The van der Waals surface area contributed by atoms with Crippen molar-refractivity contribution in [2.24, 2.45) is 4.99 Å². The topological polar surface area (TPSA) is 54.2 Å². The van der Waals surface area contributed by atoms with Crippen LogP contribution in [0.15, 0.2) is 34.9 Å². The molecule has 0 amide bonds. The minimum Gasteiger partial charge on any atom is -0.357 e. The standard InChI is InChI=1S/C15H23N5S/c1-3-14-19-13(12-21-14)11-18-15(16-4-2)17-7-10-20-8-5-6-9-20/h5-6,8-9,12H,3-4,7,10-11H2,1-2H3,(H2,16,17,18). The SMILES string of the molecule is CCNC(=NCc1csc(CC)n1)NCCn1cccc1. The van der Waals surface area contributed by atoms with Crippen LogP contribution in [0.2, 0.25) is 0 Å². The molecule has 0 aliphatic rings. The summed E-state index contributed by atoms with van der Waals surface area (Å²) in [4.78, 5) is 9.11. The summed E-state index contributed by atoms with van der Waals surface area (Å²) in [5.41, 5.74) is 1.04. The number of nitrogens with one attached hydrogen (secondary N) is 2. The molecular weight excluding hydrogens is 282 g/mol. The predicted octanol–water partition coefficient (Wildman–Crippen LogP) is 2.26. The second-order valence-electron chi connectivity index (χ2n) is 4.63. The molecule has 2 N–H and O–H groups in total. The molecule has 0 spiro atoms. The molecule has 2 aromatic heterocycles. The number of hydrogen-bond acceptors (Lipinski definition) is 3. The Morgan fingerprint density at radius 2 is 2.10 bits per heavy atom. The van der Waals surface area contributed by atoms with Gasteiger partial charge in [0.15, 0.2) is 5.96 Å². The Morgan fingerprint density at radius 1 is 1.29 bits per heavy atom. The van der Waals surface area contributed by atoms with Crippen molar-refractivity contribution in [2.75, 3.05) is 13.1 Å². The molecule has 2 heterocycles. The molecule has 5 nitrogen and oxygen atoms in total. The fraction of sp³-hybridized carbons (Fsp3) is 0.467. The maximum atomic E-state index is 4.58. The zero-order valence-electron chi connectivity index (χ0n) is 12.7. The zero-order chi connectivity index (χ0) is 14.9. The third-order valence-electron chi connectivity index (χ3n) is 2.97. The number of aryl methyl sites for hydroxylation is 1. The van der Waals surface area contributed by atoms with Gasteiger partial charge in [-0.25, -0.2) is 9.98 Å². The monoisotopic (exact) mass is 305 g/mol. The van der Waals surface area contributed by atoms with Gasteiger partial charge in [-0.05, 0) is 25.5 Å². The first kappa shape index (κ1) is 15.6. The van der Waals surface area contributed by atoms with Crippen molar-refractivity contribution >= 4 is 17.3 Å². The molecule has 0 atom stereocenters. The molecule has 0 aliphatic heterocycles. The van der Waals surface area contributed by atoms with E-state index in [-0.39, 0.29) is 0 Å². The summed E-state index contributed by atoms with van der Waals surface area (Å²) in [5.74, 6) is 0.843. The molecule has 2 aromatic rings. The van der Waals surface area contributed by atoms with Gasteiger partial charge >= 0.3 is 0 Å². The Kier molecular flexibility index (Phi) is 6.27. The van der Waals surface area contributed by atoms with Gasteiger partial charge in [-0.15, -0.1) is 11.3 Å². The van der Waals surface area contributed by atoms with Crippen molar-refractivity contribution < 1.29 is 0 Å². The van der Waals surface area contributed by atoms with E-state index in [1.54, 1.807) is 11.3 Å². The fourth-order valence-electron chi connectivity index (χ4n) is 1.91. The molecule has 0 unspecified atom stereocenters. The summed E-state index contributed by atoms with van der Waals surface area (Å²) in [6.07, 6.45) is 5.12. The molecule has 0 bridgehead atoms.